The van der Waals surface area contributed by atoms with E-state index in [-0.39, 0.29) is 24.3 Å². The van der Waals surface area contributed by atoms with Crippen molar-refractivity contribution in [2.24, 2.45) is 0 Å². The zero-order chi connectivity index (χ0) is 17.4. The summed E-state index contributed by atoms with van der Waals surface area (Å²) >= 11 is 0. The van der Waals surface area contributed by atoms with E-state index >= 15 is 0 Å². The van der Waals surface area contributed by atoms with Crippen molar-refractivity contribution in [3.05, 3.63) is 36.2 Å². The summed E-state index contributed by atoms with van der Waals surface area (Å²) < 4.78 is 0. The van der Waals surface area contributed by atoms with Crippen LogP contribution in [0, 0.1) is 0 Å². The van der Waals surface area contributed by atoms with Gasteiger partial charge in [-0.25, -0.2) is 5.10 Å². The minimum absolute atomic E-state index is 0.162. The number of carbonyl (C=O) groups excluding carboxylic acids is 3. The SMILES string of the molecule is O=C(CN1C(=O)[C@H]2CCCN2C(=O)c2ccccc21)Nc1ncn[nH]1. The number of hydrogen-bond donors (Lipinski definition) is 2. The molecule has 1 saturated heterocycles. The molecule has 128 valence electrons. The predicted octanol–water partition coefficient (Wildman–Crippen LogP) is 0.395. The molecule has 4 rings (SSSR count). The van der Waals surface area contributed by atoms with Gasteiger partial charge in [0.1, 0.15) is 18.9 Å². The van der Waals surface area contributed by atoms with E-state index in [0.717, 1.165) is 6.42 Å². The van der Waals surface area contributed by atoms with Crippen LogP contribution in [-0.4, -0.2) is 56.9 Å². The molecule has 0 radical (unpaired) electrons. The van der Waals surface area contributed by atoms with Gasteiger partial charge in [0.2, 0.25) is 17.8 Å². The molecule has 1 aromatic carbocycles. The molecule has 0 unspecified atom stereocenters. The normalized spacial score (nSPS) is 19.4. The number of amides is 3. The fourth-order valence-corrected chi connectivity index (χ4v) is 3.35. The van der Waals surface area contributed by atoms with Crippen molar-refractivity contribution in [3.8, 4) is 0 Å². The van der Waals surface area contributed by atoms with Gasteiger partial charge in [0.15, 0.2) is 0 Å². The van der Waals surface area contributed by atoms with Crippen LogP contribution in [0.2, 0.25) is 0 Å². The second kappa shape index (κ2) is 6.00. The molecule has 2 aromatic rings. The molecule has 1 fully saturated rings. The Balaban J connectivity index is 1.67. The summed E-state index contributed by atoms with van der Waals surface area (Å²) in [6.07, 6.45) is 2.66. The summed E-state index contributed by atoms with van der Waals surface area (Å²) in [6.45, 7) is 0.357. The summed E-state index contributed by atoms with van der Waals surface area (Å²) in [5.41, 5.74) is 0.896. The molecule has 3 amide bonds. The number of fused-ring (bicyclic) bond motifs is 2. The highest BCUT2D eigenvalue weighted by Gasteiger charge is 2.42. The van der Waals surface area contributed by atoms with E-state index in [4.69, 9.17) is 0 Å². The van der Waals surface area contributed by atoms with Crippen molar-refractivity contribution >= 4 is 29.4 Å². The highest BCUT2D eigenvalue weighted by molar-refractivity contribution is 6.13. The first-order chi connectivity index (χ1) is 12.1. The lowest BCUT2D eigenvalue weighted by Gasteiger charge is -2.25. The van der Waals surface area contributed by atoms with Crippen LogP contribution >= 0.6 is 0 Å². The van der Waals surface area contributed by atoms with Crippen molar-refractivity contribution in [2.45, 2.75) is 18.9 Å². The van der Waals surface area contributed by atoms with E-state index in [9.17, 15) is 14.4 Å². The Labute approximate surface area is 143 Å². The fourth-order valence-electron chi connectivity index (χ4n) is 3.35. The molecule has 2 aliphatic heterocycles. The summed E-state index contributed by atoms with van der Waals surface area (Å²) in [5.74, 6) is -0.606. The molecule has 0 bridgehead atoms. The summed E-state index contributed by atoms with van der Waals surface area (Å²) in [5, 5.41) is 8.74. The molecule has 0 spiro atoms. The summed E-state index contributed by atoms with van der Waals surface area (Å²) in [7, 11) is 0. The Morgan fingerprint density at radius 1 is 1.32 bits per heavy atom. The van der Waals surface area contributed by atoms with E-state index in [1.54, 1.807) is 29.2 Å². The summed E-state index contributed by atoms with van der Waals surface area (Å²) in [6, 6.07) is 6.36. The minimum Gasteiger partial charge on any atom is -0.327 e. The zero-order valence-electron chi connectivity index (χ0n) is 13.3. The Morgan fingerprint density at radius 3 is 2.96 bits per heavy atom. The molecule has 1 aromatic heterocycles. The highest BCUT2D eigenvalue weighted by Crippen LogP contribution is 2.32. The van der Waals surface area contributed by atoms with Gasteiger partial charge < -0.3 is 9.80 Å². The molecular weight excluding hydrogens is 324 g/mol. The predicted molar refractivity (Wildman–Crippen MR) is 87.9 cm³/mol. The van der Waals surface area contributed by atoms with Crippen LogP contribution in [0.3, 0.4) is 0 Å². The standard InChI is InChI=1S/C16H16N6O3/c23-13(19-16-17-9-18-20-16)8-22-11-5-2-1-4-10(11)14(24)21-7-3-6-12(21)15(22)25/h1-2,4-5,9,12H,3,6-8H2,(H2,17,18,19,20,23)/t12-/m1/s1. The van der Waals surface area contributed by atoms with Crippen LogP contribution in [0.15, 0.2) is 30.6 Å². The maximum absolute atomic E-state index is 13.0. The molecular formula is C16H16N6O3. The van der Waals surface area contributed by atoms with Crippen LogP contribution < -0.4 is 10.2 Å². The average molecular weight is 340 g/mol. The number of hydrogen-bond acceptors (Lipinski definition) is 5. The quantitative estimate of drug-likeness (QED) is 0.840. The first-order valence-electron chi connectivity index (χ1n) is 8.02. The van der Waals surface area contributed by atoms with Crippen molar-refractivity contribution in [3.63, 3.8) is 0 Å². The molecule has 2 N–H and O–H groups in total. The average Bonchev–Trinajstić information content (AvgIpc) is 3.28. The number of rotatable bonds is 3. The monoisotopic (exact) mass is 340 g/mol. The number of aromatic nitrogens is 3. The fraction of sp³-hybridized carbons (Fsp3) is 0.312. The lowest BCUT2D eigenvalue weighted by Crippen LogP contribution is -2.47. The van der Waals surface area contributed by atoms with Gasteiger partial charge in [0.25, 0.3) is 5.91 Å². The van der Waals surface area contributed by atoms with Crippen LogP contribution in [0.5, 0.6) is 0 Å². The van der Waals surface area contributed by atoms with Gasteiger partial charge in [-0.15, -0.1) is 0 Å². The third-order valence-corrected chi connectivity index (χ3v) is 4.46. The Hall–Kier alpha value is -3.23. The van der Waals surface area contributed by atoms with Crippen LogP contribution in [-0.2, 0) is 9.59 Å². The van der Waals surface area contributed by atoms with Crippen molar-refractivity contribution < 1.29 is 14.4 Å². The Kier molecular flexibility index (Phi) is 3.68. The molecule has 9 heteroatoms. The van der Waals surface area contributed by atoms with Crippen molar-refractivity contribution in [1.29, 1.82) is 0 Å². The molecule has 2 aliphatic rings. The Morgan fingerprint density at radius 2 is 2.16 bits per heavy atom. The summed E-state index contributed by atoms with van der Waals surface area (Å²) in [4.78, 5) is 44.9. The number of anilines is 2. The van der Waals surface area contributed by atoms with E-state index in [2.05, 4.69) is 20.5 Å². The van der Waals surface area contributed by atoms with E-state index in [1.165, 1.54) is 11.2 Å². The topological polar surface area (TPSA) is 111 Å². The van der Waals surface area contributed by atoms with E-state index in [1.807, 2.05) is 0 Å². The lowest BCUT2D eigenvalue weighted by molar-refractivity contribution is -0.124. The molecule has 0 saturated carbocycles. The molecule has 9 nitrogen and oxygen atoms in total. The number of H-pyrrole nitrogens is 1. The molecule has 3 heterocycles. The molecule has 0 aliphatic carbocycles. The maximum Gasteiger partial charge on any atom is 0.256 e. The third-order valence-electron chi connectivity index (χ3n) is 4.46. The van der Waals surface area contributed by atoms with Gasteiger partial charge in [-0.1, -0.05) is 12.1 Å². The molecule has 25 heavy (non-hydrogen) atoms. The number of nitrogens with one attached hydrogen (secondary N) is 2. The van der Waals surface area contributed by atoms with Gasteiger partial charge >= 0.3 is 0 Å². The smallest absolute Gasteiger partial charge is 0.256 e. The van der Waals surface area contributed by atoms with Gasteiger partial charge in [0.05, 0.1) is 11.3 Å². The van der Waals surface area contributed by atoms with E-state index < -0.39 is 11.9 Å². The number of para-hydroxylation sites is 1. The van der Waals surface area contributed by atoms with Gasteiger partial charge in [-0.3, -0.25) is 19.7 Å². The Bertz CT molecular complexity index is 834. The lowest BCUT2D eigenvalue weighted by atomic mass is 10.1. The van der Waals surface area contributed by atoms with Gasteiger partial charge in [-0.2, -0.15) is 10.1 Å². The highest BCUT2D eigenvalue weighted by atomic mass is 16.2. The van der Waals surface area contributed by atoms with Crippen LogP contribution in [0.25, 0.3) is 0 Å². The number of benzene rings is 1. The largest absolute Gasteiger partial charge is 0.327 e. The first-order valence-corrected chi connectivity index (χ1v) is 8.02. The van der Waals surface area contributed by atoms with Crippen molar-refractivity contribution in [1.82, 2.24) is 20.1 Å². The van der Waals surface area contributed by atoms with Gasteiger partial charge in [0, 0.05) is 6.54 Å². The number of nitrogens with zero attached hydrogens (tertiary/aromatic N) is 4. The first kappa shape index (κ1) is 15.3. The number of carbonyl (C=O) groups is 3. The maximum atomic E-state index is 13.0. The zero-order valence-corrected chi connectivity index (χ0v) is 13.3. The van der Waals surface area contributed by atoms with Crippen LogP contribution in [0.1, 0.15) is 23.2 Å². The van der Waals surface area contributed by atoms with Crippen molar-refractivity contribution in [2.75, 3.05) is 23.3 Å². The van der Waals surface area contributed by atoms with Crippen LogP contribution in [0.4, 0.5) is 11.6 Å². The van der Waals surface area contributed by atoms with E-state index in [0.29, 0.717) is 24.2 Å². The number of aromatic amines is 1. The minimum atomic E-state index is -0.516. The second-order valence-corrected chi connectivity index (χ2v) is 5.98. The second-order valence-electron chi connectivity index (χ2n) is 5.98. The molecule has 1 atom stereocenters. The van der Waals surface area contributed by atoms with Gasteiger partial charge in [-0.05, 0) is 25.0 Å². The third kappa shape index (κ3) is 2.63.